The van der Waals surface area contributed by atoms with Crippen LogP contribution in [0.5, 0.6) is 0 Å². The summed E-state index contributed by atoms with van der Waals surface area (Å²) < 4.78 is 0. The fourth-order valence-corrected chi connectivity index (χ4v) is 2.37. The smallest absolute Gasteiger partial charge is 0.283 e. The van der Waals surface area contributed by atoms with Crippen molar-refractivity contribution in [3.8, 4) is 0 Å². The van der Waals surface area contributed by atoms with Gasteiger partial charge in [0.15, 0.2) is 0 Å². The van der Waals surface area contributed by atoms with Crippen LogP contribution in [0.2, 0.25) is 0 Å². The molecule has 1 unspecified atom stereocenters. The van der Waals surface area contributed by atoms with E-state index in [1.807, 2.05) is 0 Å². The number of pyridine rings is 1. The van der Waals surface area contributed by atoms with E-state index in [1.165, 1.54) is 17.8 Å². The highest BCUT2D eigenvalue weighted by molar-refractivity contribution is 7.99. The maximum Gasteiger partial charge on any atom is 0.283 e. The summed E-state index contributed by atoms with van der Waals surface area (Å²) in [5, 5.41) is 20.9. The van der Waals surface area contributed by atoms with E-state index in [2.05, 4.69) is 4.98 Å². The molecule has 1 N–H and O–H groups in total. The zero-order chi connectivity index (χ0) is 13.8. The maximum absolute atomic E-state index is 10.9. The molecular formula is C13H12N2O3S. The predicted octanol–water partition coefficient (Wildman–Crippen LogP) is 3.19. The molecule has 19 heavy (non-hydrogen) atoms. The van der Waals surface area contributed by atoms with Gasteiger partial charge in [-0.25, -0.2) is 4.98 Å². The minimum Gasteiger partial charge on any atom is -0.389 e. The largest absolute Gasteiger partial charge is 0.389 e. The highest BCUT2D eigenvalue weighted by Gasteiger charge is 2.14. The van der Waals surface area contributed by atoms with E-state index in [0.717, 1.165) is 0 Å². The van der Waals surface area contributed by atoms with Crippen LogP contribution in [0, 0.1) is 10.1 Å². The highest BCUT2D eigenvalue weighted by atomic mass is 32.2. The molecule has 0 aliphatic heterocycles. The number of nitro groups is 1. The fourth-order valence-electron chi connectivity index (χ4n) is 1.51. The van der Waals surface area contributed by atoms with Gasteiger partial charge in [0.1, 0.15) is 5.03 Å². The normalized spacial score (nSPS) is 12.1. The lowest BCUT2D eigenvalue weighted by atomic mass is 10.2. The van der Waals surface area contributed by atoms with Gasteiger partial charge in [0.2, 0.25) is 0 Å². The fraction of sp³-hybridized carbons (Fsp3) is 0.154. The summed E-state index contributed by atoms with van der Waals surface area (Å²) >= 11 is 1.23. The molecule has 0 bridgehead atoms. The summed E-state index contributed by atoms with van der Waals surface area (Å²) in [5.41, 5.74) is 0.779. The predicted molar refractivity (Wildman–Crippen MR) is 72.1 cm³/mol. The molecule has 6 heteroatoms. The molecule has 0 aliphatic carbocycles. The molecule has 0 fully saturated rings. The number of aromatic nitrogens is 1. The SMILES string of the molecule is CC(O)c1ccc(Sc2ccccc2[N+](=O)[O-])nc1. The molecule has 5 nitrogen and oxygen atoms in total. The lowest BCUT2D eigenvalue weighted by molar-refractivity contribution is -0.387. The molecule has 0 radical (unpaired) electrons. The van der Waals surface area contributed by atoms with E-state index in [4.69, 9.17) is 0 Å². The Morgan fingerprint density at radius 1 is 1.32 bits per heavy atom. The van der Waals surface area contributed by atoms with E-state index in [0.29, 0.717) is 15.5 Å². The number of hydrogen-bond donors (Lipinski definition) is 1. The lowest BCUT2D eigenvalue weighted by Gasteiger charge is -2.05. The number of aliphatic hydroxyl groups is 1. The van der Waals surface area contributed by atoms with Gasteiger partial charge in [-0.3, -0.25) is 10.1 Å². The second-order valence-electron chi connectivity index (χ2n) is 3.93. The first kappa shape index (κ1) is 13.5. The van der Waals surface area contributed by atoms with Crippen LogP contribution in [0.1, 0.15) is 18.6 Å². The Hall–Kier alpha value is -1.92. The highest BCUT2D eigenvalue weighted by Crippen LogP contribution is 2.33. The van der Waals surface area contributed by atoms with Crippen molar-refractivity contribution >= 4 is 17.4 Å². The summed E-state index contributed by atoms with van der Waals surface area (Å²) in [5.74, 6) is 0. The van der Waals surface area contributed by atoms with Gasteiger partial charge in [-0.2, -0.15) is 0 Å². The third-order valence-electron chi connectivity index (χ3n) is 2.52. The van der Waals surface area contributed by atoms with Gasteiger partial charge in [-0.15, -0.1) is 0 Å². The minimum atomic E-state index is -0.572. The van der Waals surface area contributed by atoms with Crippen molar-refractivity contribution in [3.05, 3.63) is 58.3 Å². The van der Waals surface area contributed by atoms with E-state index in [-0.39, 0.29) is 5.69 Å². The van der Waals surface area contributed by atoms with Crippen LogP contribution in [-0.2, 0) is 0 Å². The van der Waals surface area contributed by atoms with Crippen molar-refractivity contribution in [1.82, 2.24) is 4.98 Å². The molecule has 2 rings (SSSR count). The number of nitrogens with zero attached hydrogens (tertiary/aromatic N) is 2. The van der Waals surface area contributed by atoms with Crippen LogP contribution >= 0.6 is 11.8 Å². The zero-order valence-electron chi connectivity index (χ0n) is 10.2. The Morgan fingerprint density at radius 2 is 2.05 bits per heavy atom. The van der Waals surface area contributed by atoms with Gasteiger partial charge in [-0.1, -0.05) is 30.0 Å². The Labute approximate surface area is 114 Å². The number of aliphatic hydroxyl groups excluding tert-OH is 1. The number of rotatable bonds is 4. The Morgan fingerprint density at radius 3 is 2.63 bits per heavy atom. The third kappa shape index (κ3) is 3.30. The van der Waals surface area contributed by atoms with E-state index < -0.39 is 11.0 Å². The average molecular weight is 276 g/mol. The van der Waals surface area contributed by atoms with Crippen molar-refractivity contribution in [2.75, 3.05) is 0 Å². The summed E-state index contributed by atoms with van der Waals surface area (Å²) in [7, 11) is 0. The number of para-hydroxylation sites is 1. The molecule has 1 atom stereocenters. The first-order valence-electron chi connectivity index (χ1n) is 5.63. The zero-order valence-corrected chi connectivity index (χ0v) is 11.0. The van der Waals surface area contributed by atoms with Gasteiger partial charge in [0.25, 0.3) is 5.69 Å². The molecule has 0 spiro atoms. The molecule has 0 saturated heterocycles. The van der Waals surface area contributed by atoms with E-state index in [9.17, 15) is 15.2 Å². The monoisotopic (exact) mass is 276 g/mol. The van der Waals surface area contributed by atoms with Crippen molar-refractivity contribution in [3.63, 3.8) is 0 Å². The number of benzene rings is 1. The van der Waals surface area contributed by atoms with Crippen LogP contribution < -0.4 is 0 Å². The third-order valence-corrected chi connectivity index (χ3v) is 3.53. The minimum absolute atomic E-state index is 0.0638. The standard InChI is InChI=1S/C13H12N2O3S/c1-9(16)10-6-7-13(14-8-10)19-12-5-3-2-4-11(12)15(17)18/h2-9,16H,1H3. The van der Waals surface area contributed by atoms with Crippen molar-refractivity contribution < 1.29 is 10.0 Å². The summed E-state index contributed by atoms with van der Waals surface area (Å²) in [6, 6.07) is 10.0. The molecular weight excluding hydrogens is 264 g/mol. The molecule has 0 amide bonds. The van der Waals surface area contributed by atoms with Gasteiger partial charge in [0, 0.05) is 12.3 Å². The molecule has 1 heterocycles. The molecule has 1 aromatic heterocycles. The van der Waals surface area contributed by atoms with Crippen LogP contribution in [-0.4, -0.2) is 15.0 Å². The average Bonchev–Trinajstić information content (AvgIpc) is 2.39. The first-order chi connectivity index (χ1) is 9.08. The quantitative estimate of drug-likeness (QED) is 0.685. The van der Waals surface area contributed by atoms with Crippen LogP contribution in [0.3, 0.4) is 0 Å². The summed E-state index contributed by atoms with van der Waals surface area (Å²) in [6.07, 6.45) is 1.000. The molecule has 0 aliphatic rings. The second-order valence-corrected chi connectivity index (χ2v) is 4.99. The van der Waals surface area contributed by atoms with Gasteiger partial charge in [0.05, 0.1) is 15.9 Å². The number of hydrogen-bond acceptors (Lipinski definition) is 5. The van der Waals surface area contributed by atoms with E-state index >= 15 is 0 Å². The molecule has 98 valence electrons. The summed E-state index contributed by atoms with van der Waals surface area (Å²) in [4.78, 5) is 15.2. The topological polar surface area (TPSA) is 76.3 Å². The first-order valence-corrected chi connectivity index (χ1v) is 6.45. The van der Waals surface area contributed by atoms with E-state index in [1.54, 1.807) is 43.5 Å². The van der Waals surface area contributed by atoms with Gasteiger partial charge >= 0.3 is 0 Å². The second kappa shape index (κ2) is 5.81. The maximum atomic E-state index is 10.9. The van der Waals surface area contributed by atoms with Crippen molar-refractivity contribution in [2.24, 2.45) is 0 Å². The van der Waals surface area contributed by atoms with Crippen LogP contribution in [0.4, 0.5) is 5.69 Å². The van der Waals surface area contributed by atoms with Crippen molar-refractivity contribution in [2.45, 2.75) is 22.9 Å². The number of nitro benzene ring substituents is 1. The molecule has 1 aromatic carbocycles. The Kier molecular flexibility index (Phi) is 4.13. The summed E-state index contributed by atoms with van der Waals surface area (Å²) in [6.45, 7) is 1.66. The Bertz CT molecular complexity index is 585. The molecule has 0 saturated carbocycles. The Balaban J connectivity index is 2.24. The van der Waals surface area contributed by atoms with Gasteiger partial charge < -0.3 is 5.11 Å². The molecule has 2 aromatic rings. The van der Waals surface area contributed by atoms with Gasteiger partial charge in [-0.05, 0) is 24.6 Å². The van der Waals surface area contributed by atoms with Crippen molar-refractivity contribution in [1.29, 1.82) is 0 Å². The van der Waals surface area contributed by atoms with Crippen LogP contribution in [0.25, 0.3) is 0 Å². The lowest BCUT2D eigenvalue weighted by Crippen LogP contribution is -1.93. The van der Waals surface area contributed by atoms with Crippen LogP contribution in [0.15, 0.2) is 52.5 Å².